The average Bonchev–Trinajstić information content (AvgIpc) is 2.65. The van der Waals surface area contributed by atoms with E-state index < -0.39 is 11.7 Å². The number of aryl methyl sites for hydroxylation is 2. The third-order valence-corrected chi connectivity index (χ3v) is 5.61. The van der Waals surface area contributed by atoms with Crippen molar-refractivity contribution in [2.75, 3.05) is 5.32 Å². The molecule has 0 saturated carbocycles. The van der Waals surface area contributed by atoms with Crippen molar-refractivity contribution >= 4 is 11.8 Å². The quantitative estimate of drug-likeness (QED) is 0.641. The van der Waals surface area contributed by atoms with E-state index in [9.17, 15) is 14.7 Å². The zero-order valence-electron chi connectivity index (χ0n) is 16.9. The Bertz CT molecular complexity index is 918. The van der Waals surface area contributed by atoms with Crippen LogP contribution in [0.3, 0.4) is 0 Å². The number of benzene rings is 1. The number of anilines is 1. The van der Waals surface area contributed by atoms with Crippen molar-refractivity contribution in [2.24, 2.45) is 5.92 Å². The molecule has 156 valence electrons. The fourth-order valence-corrected chi connectivity index (χ4v) is 4.02. The third kappa shape index (κ3) is 5.62. The smallest absolute Gasteiger partial charge is 0.409 e. The summed E-state index contributed by atoms with van der Waals surface area (Å²) in [4.78, 5) is 23.3. The molecular weight excluding hydrogens is 370 g/mol. The van der Waals surface area contributed by atoms with Gasteiger partial charge < -0.3 is 14.6 Å². The minimum atomic E-state index is -1.09. The van der Waals surface area contributed by atoms with Gasteiger partial charge in [-0.25, -0.2) is 9.59 Å². The Morgan fingerprint density at radius 2 is 1.97 bits per heavy atom. The van der Waals surface area contributed by atoms with Gasteiger partial charge in [0.1, 0.15) is 11.5 Å². The number of hydrogen-bond donors (Lipinski definition) is 3. The zero-order chi connectivity index (χ0) is 20.8. The minimum absolute atomic E-state index is 0.137. The molecule has 1 amide bonds. The van der Waals surface area contributed by atoms with Crippen LogP contribution in [0.1, 0.15) is 61.5 Å². The van der Waals surface area contributed by atoms with Crippen LogP contribution in [0.4, 0.5) is 10.5 Å². The standard InChI is InChI=1S/C23H29NO5/c1-15(11-12-16-7-6-8-17(14-16)24-23(27)28)13-19-21(25)18-9-4-2-3-5-10-20(18)29-22(19)26/h6-8,14-15,24-25H,2-5,9-13H2,1H3,(H,27,28). The first-order chi connectivity index (χ1) is 13.9. The van der Waals surface area contributed by atoms with Crippen LogP contribution in [0.15, 0.2) is 33.5 Å². The van der Waals surface area contributed by atoms with Crippen LogP contribution < -0.4 is 10.9 Å². The lowest BCUT2D eigenvalue weighted by molar-refractivity contribution is 0.209. The van der Waals surface area contributed by atoms with E-state index in [4.69, 9.17) is 9.52 Å². The first kappa shape index (κ1) is 21.0. The Balaban J connectivity index is 1.68. The van der Waals surface area contributed by atoms with E-state index in [-0.39, 0.29) is 11.7 Å². The molecule has 1 aromatic carbocycles. The largest absolute Gasteiger partial charge is 0.507 e. The summed E-state index contributed by atoms with van der Waals surface area (Å²) in [5.41, 5.74) is 2.36. The van der Waals surface area contributed by atoms with Gasteiger partial charge in [0.15, 0.2) is 0 Å². The van der Waals surface area contributed by atoms with E-state index in [0.29, 0.717) is 29.9 Å². The fourth-order valence-electron chi connectivity index (χ4n) is 4.02. The number of hydrogen-bond acceptors (Lipinski definition) is 4. The highest BCUT2D eigenvalue weighted by molar-refractivity contribution is 5.82. The predicted octanol–water partition coefficient (Wildman–Crippen LogP) is 4.91. The van der Waals surface area contributed by atoms with Crippen molar-refractivity contribution in [2.45, 2.75) is 64.7 Å². The second kappa shape index (κ2) is 9.63. The number of nitrogens with one attached hydrogen (secondary N) is 1. The maximum atomic E-state index is 12.5. The van der Waals surface area contributed by atoms with Crippen molar-refractivity contribution in [3.63, 3.8) is 0 Å². The molecule has 0 bridgehead atoms. The van der Waals surface area contributed by atoms with Gasteiger partial charge in [0.2, 0.25) is 0 Å². The van der Waals surface area contributed by atoms with Gasteiger partial charge >= 0.3 is 11.7 Å². The molecule has 6 nitrogen and oxygen atoms in total. The summed E-state index contributed by atoms with van der Waals surface area (Å²) < 4.78 is 5.58. The van der Waals surface area contributed by atoms with Crippen molar-refractivity contribution < 1.29 is 19.4 Å². The SMILES string of the molecule is CC(CCc1cccc(NC(=O)O)c1)Cc1c(O)c2c(oc1=O)CCCCCC2. The molecule has 0 radical (unpaired) electrons. The molecule has 6 heteroatoms. The Kier molecular flexibility index (Phi) is 6.96. The summed E-state index contributed by atoms with van der Waals surface area (Å²) in [5.74, 6) is 0.968. The summed E-state index contributed by atoms with van der Waals surface area (Å²) in [5, 5.41) is 22.0. The van der Waals surface area contributed by atoms with E-state index in [2.05, 4.69) is 12.2 Å². The normalized spacial score (nSPS) is 15.1. The first-order valence-corrected chi connectivity index (χ1v) is 10.4. The molecule has 0 spiro atoms. The lowest BCUT2D eigenvalue weighted by Gasteiger charge is -2.17. The van der Waals surface area contributed by atoms with Gasteiger partial charge in [0, 0.05) is 17.7 Å². The van der Waals surface area contributed by atoms with Crippen LogP contribution in [0.25, 0.3) is 0 Å². The van der Waals surface area contributed by atoms with Crippen LogP contribution in [-0.2, 0) is 25.7 Å². The molecular formula is C23H29NO5. The molecule has 1 heterocycles. The van der Waals surface area contributed by atoms with Gasteiger partial charge in [-0.15, -0.1) is 0 Å². The van der Waals surface area contributed by atoms with E-state index >= 15 is 0 Å². The van der Waals surface area contributed by atoms with Gasteiger partial charge in [-0.1, -0.05) is 31.9 Å². The minimum Gasteiger partial charge on any atom is -0.507 e. The Morgan fingerprint density at radius 1 is 1.21 bits per heavy atom. The molecule has 1 aliphatic carbocycles. The third-order valence-electron chi connectivity index (χ3n) is 5.61. The Labute approximate surface area is 170 Å². The van der Waals surface area contributed by atoms with Crippen LogP contribution >= 0.6 is 0 Å². The van der Waals surface area contributed by atoms with Crippen LogP contribution in [-0.4, -0.2) is 16.3 Å². The monoisotopic (exact) mass is 399 g/mol. The average molecular weight is 399 g/mol. The number of carboxylic acid groups (broad SMARTS) is 1. The highest BCUT2D eigenvalue weighted by Gasteiger charge is 2.21. The molecule has 0 fully saturated rings. The van der Waals surface area contributed by atoms with Gasteiger partial charge in [-0.2, -0.15) is 0 Å². The van der Waals surface area contributed by atoms with Crippen molar-refractivity contribution in [3.8, 4) is 5.75 Å². The van der Waals surface area contributed by atoms with Gasteiger partial charge in [-0.3, -0.25) is 5.32 Å². The number of amides is 1. The second-order valence-corrected chi connectivity index (χ2v) is 8.01. The molecule has 1 aliphatic rings. The highest BCUT2D eigenvalue weighted by Crippen LogP contribution is 2.30. The summed E-state index contributed by atoms with van der Waals surface area (Å²) in [6.07, 6.45) is 6.69. The van der Waals surface area contributed by atoms with Gasteiger partial charge in [0.25, 0.3) is 0 Å². The van der Waals surface area contributed by atoms with Crippen LogP contribution in [0, 0.1) is 5.92 Å². The zero-order valence-corrected chi connectivity index (χ0v) is 16.9. The number of fused-ring (bicyclic) bond motifs is 1. The Hall–Kier alpha value is -2.76. The topological polar surface area (TPSA) is 99.8 Å². The van der Waals surface area contributed by atoms with Crippen molar-refractivity contribution in [1.29, 1.82) is 0 Å². The molecule has 0 aliphatic heterocycles. The molecule has 1 atom stereocenters. The van der Waals surface area contributed by atoms with E-state index in [0.717, 1.165) is 56.1 Å². The number of aromatic hydroxyl groups is 1. The molecule has 1 unspecified atom stereocenters. The summed E-state index contributed by atoms with van der Waals surface area (Å²) in [7, 11) is 0. The number of carbonyl (C=O) groups is 1. The van der Waals surface area contributed by atoms with Gasteiger partial charge in [-0.05, 0) is 62.1 Å². The lowest BCUT2D eigenvalue weighted by atomic mass is 9.91. The molecule has 3 N–H and O–H groups in total. The highest BCUT2D eigenvalue weighted by atomic mass is 16.4. The molecule has 0 saturated heterocycles. The molecule has 2 aromatic rings. The maximum absolute atomic E-state index is 12.5. The van der Waals surface area contributed by atoms with Crippen LogP contribution in [0.2, 0.25) is 0 Å². The molecule has 1 aromatic heterocycles. The van der Waals surface area contributed by atoms with Crippen LogP contribution in [0.5, 0.6) is 5.75 Å². The molecule has 3 rings (SSSR count). The lowest BCUT2D eigenvalue weighted by Crippen LogP contribution is -2.16. The van der Waals surface area contributed by atoms with E-state index in [1.54, 1.807) is 6.07 Å². The summed E-state index contributed by atoms with van der Waals surface area (Å²) in [6, 6.07) is 7.30. The second-order valence-electron chi connectivity index (χ2n) is 8.01. The van der Waals surface area contributed by atoms with Gasteiger partial charge in [0.05, 0.1) is 5.56 Å². The van der Waals surface area contributed by atoms with Crippen molar-refractivity contribution in [1.82, 2.24) is 0 Å². The van der Waals surface area contributed by atoms with E-state index in [1.807, 2.05) is 18.2 Å². The summed E-state index contributed by atoms with van der Waals surface area (Å²) in [6.45, 7) is 2.05. The first-order valence-electron chi connectivity index (χ1n) is 10.4. The maximum Gasteiger partial charge on any atom is 0.409 e. The molecule has 29 heavy (non-hydrogen) atoms. The predicted molar refractivity (Wildman–Crippen MR) is 112 cm³/mol. The van der Waals surface area contributed by atoms with E-state index in [1.165, 1.54) is 0 Å². The fraction of sp³-hybridized carbons (Fsp3) is 0.478. The summed E-state index contributed by atoms with van der Waals surface area (Å²) >= 11 is 0. The Morgan fingerprint density at radius 3 is 2.72 bits per heavy atom. The number of rotatable bonds is 6. The van der Waals surface area contributed by atoms with Crippen molar-refractivity contribution in [3.05, 3.63) is 57.1 Å².